The molecule has 4 heterocycles. The average Bonchev–Trinajstić information content (AvgIpc) is 3.44. The zero-order chi connectivity index (χ0) is 18.2. The number of rotatable bonds is 4. The van der Waals surface area contributed by atoms with E-state index in [9.17, 15) is 0 Å². The van der Waals surface area contributed by atoms with Gasteiger partial charge in [0.05, 0.1) is 12.4 Å². The second kappa shape index (κ2) is 6.85. The topological polar surface area (TPSA) is 63.2 Å². The molecule has 3 aromatic rings. The van der Waals surface area contributed by atoms with Crippen molar-refractivity contribution >= 4 is 22.7 Å². The molecule has 2 aliphatic heterocycles. The van der Waals surface area contributed by atoms with Crippen LogP contribution in [0.3, 0.4) is 0 Å². The minimum atomic E-state index is 0.789. The van der Waals surface area contributed by atoms with Crippen molar-refractivity contribution in [1.29, 1.82) is 0 Å². The summed E-state index contributed by atoms with van der Waals surface area (Å²) < 4.78 is 2.35. The predicted octanol–water partition coefficient (Wildman–Crippen LogP) is 3.33. The largest absolute Gasteiger partial charge is 0.399 e. The van der Waals surface area contributed by atoms with Gasteiger partial charge in [-0.05, 0) is 62.5 Å². The lowest BCUT2D eigenvalue weighted by Gasteiger charge is -2.20. The molecule has 1 aromatic carbocycles. The Balaban J connectivity index is 1.62. The summed E-state index contributed by atoms with van der Waals surface area (Å²) in [5, 5.41) is 1.10. The first kappa shape index (κ1) is 16.6. The number of likely N-dealkylation sites (tertiary alicyclic amines) is 1. The Kier molecular flexibility index (Phi) is 4.20. The number of fused-ring (bicyclic) bond motifs is 1. The lowest BCUT2D eigenvalue weighted by molar-refractivity contribution is 0.276. The molecule has 2 N–H and O–H groups in total. The van der Waals surface area contributed by atoms with Crippen LogP contribution in [0.25, 0.3) is 22.3 Å². The van der Waals surface area contributed by atoms with E-state index in [2.05, 4.69) is 37.5 Å². The molecule has 2 saturated heterocycles. The van der Waals surface area contributed by atoms with Crippen molar-refractivity contribution in [3.63, 3.8) is 0 Å². The summed E-state index contributed by atoms with van der Waals surface area (Å²) in [7, 11) is 0. The van der Waals surface area contributed by atoms with Crippen LogP contribution in [0.15, 0.2) is 36.5 Å². The van der Waals surface area contributed by atoms with E-state index in [0.29, 0.717) is 0 Å². The minimum absolute atomic E-state index is 0.789. The molecule has 0 amide bonds. The Bertz CT molecular complexity index is 933. The van der Waals surface area contributed by atoms with Gasteiger partial charge < -0.3 is 15.2 Å². The van der Waals surface area contributed by atoms with Crippen LogP contribution in [0.1, 0.15) is 25.7 Å². The molecule has 6 heteroatoms. The van der Waals surface area contributed by atoms with Gasteiger partial charge in [-0.25, -0.2) is 4.98 Å². The number of benzene rings is 1. The van der Waals surface area contributed by atoms with Gasteiger partial charge >= 0.3 is 0 Å². The summed E-state index contributed by atoms with van der Waals surface area (Å²) in [6.07, 6.45) is 7.01. The minimum Gasteiger partial charge on any atom is -0.399 e. The van der Waals surface area contributed by atoms with Crippen LogP contribution >= 0.6 is 0 Å². The molecule has 0 atom stereocenters. The van der Waals surface area contributed by atoms with Crippen LogP contribution in [0.5, 0.6) is 0 Å². The van der Waals surface area contributed by atoms with Gasteiger partial charge in [0.1, 0.15) is 5.65 Å². The van der Waals surface area contributed by atoms with Gasteiger partial charge in [0.2, 0.25) is 5.95 Å². The van der Waals surface area contributed by atoms with E-state index in [1.54, 1.807) is 0 Å². The molecule has 0 saturated carbocycles. The van der Waals surface area contributed by atoms with Crippen LogP contribution in [0.4, 0.5) is 11.6 Å². The van der Waals surface area contributed by atoms with Crippen LogP contribution in [-0.2, 0) is 6.67 Å². The van der Waals surface area contributed by atoms with Gasteiger partial charge in [-0.3, -0.25) is 4.90 Å². The van der Waals surface area contributed by atoms with E-state index in [0.717, 1.165) is 55.5 Å². The van der Waals surface area contributed by atoms with Crippen molar-refractivity contribution in [2.24, 2.45) is 0 Å². The van der Waals surface area contributed by atoms with Crippen LogP contribution in [-0.4, -0.2) is 45.6 Å². The number of hydrogen-bond acceptors (Lipinski definition) is 5. The molecule has 2 fully saturated rings. The lowest BCUT2D eigenvalue weighted by Crippen LogP contribution is -2.24. The number of anilines is 2. The van der Waals surface area contributed by atoms with Gasteiger partial charge in [0.15, 0.2) is 0 Å². The predicted molar refractivity (Wildman–Crippen MR) is 110 cm³/mol. The summed E-state index contributed by atoms with van der Waals surface area (Å²) in [5.41, 5.74) is 10.1. The first-order chi connectivity index (χ1) is 13.3. The highest BCUT2D eigenvalue weighted by Crippen LogP contribution is 2.30. The molecule has 2 aliphatic rings. The monoisotopic (exact) mass is 362 g/mol. The molecule has 140 valence electrons. The normalized spacial score (nSPS) is 18.0. The van der Waals surface area contributed by atoms with Gasteiger partial charge in [-0.15, -0.1) is 0 Å². The first-order valence-corrected chi connectivity index (χ1v) is 9.97. The quantitative estimate of drug-likeness (QED) is 0.721. The molecule has 0 unspecified atom stereocenters. The standard InChI is InChI=1S/C21H26N6/c22-18-7-5-16(6-8-18)19-13-17-14-23-21(26-11-3-4-12-26)24-20(17)27(19)15-25-9-1-2-10-25/h5-8,13-14H,1-4,9-12,15,22H2. The molecule has 2 aromatic heterocycles. The van der Waals surface area contributed by atoms with E-state index in [-0.39, 0.29) is 0 Å². The molecule has 27 heavy (non-hydrogen) atoms. The maximum atomic E-state index is 5.90. The third kappa shape index (κ3) is 3.14. The van der Waals surface area contributed by atoms with E-state index < -0.39 is 0 Å². The Hall–Kier alpha value is -2.60. The molecule has 0 radical (unpaired) electrons. The van der Waals surface area contributed by atoms with Crippen molar-refractivity contribution in [3.05, 3.63) is 36.5 Å². The third-order valence-corrected chi connectivity index (χ3v) is 5.76. The fraction of sp³-hybridized carbons (Fsp3) is 0.429. The van der Waals surface area contributed by atoms with Crippen LogP contribution in [0.2, 0.25) is 0 Å². The van der Waals surface area contributed by atoms with Crippen molar-refractivity contribution in [2.75, 3.05) is 36.8 Å². The number of nitrogen functional groups attached to an aromatic ring is 1. The second-order valence-corrected chi connectivity index (χ2v) is 7.69. The highest BCUT2D eigenvalue weighted by atomic mass is 15.3. The fourth-order valence-corrected chi connectivity index (χ4v) is 4.26. The molecular weight excluding hydrogens is 336 g/mol. The summed E-state index contributed by atoms with van der Waals surface area (Å²) in [6, 6.07) is 10.3. The van der Waals surface area contributed by atoms with Gasteiger partial charge in [-0.2, -0.15) is 4.98 Å². The van der Waals surface area contributed by atoms with E-state index >= 15 is 0 Å². The smallest absolute Gasteiger partial charge is 0.227 e. The number of nitrogens with zero attached hydrogens (tertiary/aromatic N) is 5. The maximum Gasteiger partial charge on any atom is 0.227 e. The Labute approximate surface area is 159 Å². The van der Waals surface area contributed by atoms with Crippen molar-refractivity contribution in [1.82, 2.24) is 19.4 Å². The number of aromatic nitrogens is 3. The molecule has 0 bridgehead atoms. The Morgan fingerprint density at radius 2 is 1.63 bits per heavy atom. The van der Waals surface area contributed by atoms with Crippen molar-refractivity contribution in [2.45, 2.75) is 32.4 Å². The first-order valence-electron chi connectivity index (χ1n) is 9.97. The lowest BCUT2D eigenvalue weighted by atomic mass is 10.1. The third-order valence-electron chi connectivity index (χ3n) is 5.76. The van der Waals surface area contributed by atoms with E-state index in [1.165, 1.54) is 36.9 Å². The van der Waals surface area contributed by atoms with Crippen molar-refractivity contribution < 1.29 is 0 Å². The average molecular weight is 362 g/mol. The highest BCUT2D eigenvalue weighted by Gasteiger charge is 2.20. The number of nitrogens with two attached hydrogens (primary N) is 1. The van der Waals surface area contributed by atoms with E-state index in [1.807, 2.05) is 18.3 Å². The van der Waals surface area contributed by atoms with Crippen LogP contribution < -0.4 is 10.6 Å². The second-order valence-electron chi connectivity index (χ2n) is 7.69. The summed E-state index contributed by atoms with van der Waals surface area (Å²) in [4.78, 5) is 14.5. The summed E-state index contributed by atoms with van der Waals surface area (Å²) >= 11 is 0. The molecule has 0 spiro atoms. The summed E-state index contributed by atoms with van der Waals surface area (Å²) in [5.74, 6) is 0.865. The zero-order valence-electron chi connectivity index (χ0n) is 15.6. The highest BCUT2D eigenvalue weighted by molar-refractivity contribution is 5.84. The Morgan fingerprint density at radius 1 is 0.926 bits per heavy atom. The molecule has 0 aliphatic carbocycles. The van der Waals surface area contributed by atoms with Crippen molar-refractivity contribution in [3.8, 4) is 11.3 Å². The van der Waals surface area contributed by atoms with Gasteiger partial charge in [0, 0.05) is 30.4 Å². The van der Waals surface area contributed by atoms with Crippen LogP contribution in [0, 0.1) is 0 Å². The van der Waals surface area contributed by atoms with Gasteiger partial charge in [0.25, 0.3) is 0 Å². The molecular formula is C21H26N6. The summed E-state index contributed by atoms with van der Waals surface area (Å²) in [6.45, 7) is 5.31. The molecule has 5 rings (SSSR count). The fourth-order valence-electron chi connectivity index (χ4n) is 4.26. The maximum absolute atomic E-state index is 5.90. The number of hydrogen-bond donors (Lipinski definition) is 1. The SMILES string of the molecule is Nc1ccc(-c2cc3cnc(N4CCCC4)nc3n2CN2CCCC2)cc1. The zero-order valence-corrected chi connectivity index (χ0v) is 15.6. The van der Waals surface area contributed by atoms with E-state index in [4.69, 9.17) is 10.7 Å². The Morgan fingerprint density at radius 3 is 2.37 bits per heavy atom. The molecule has 6 nitrogen and oxygen atoms in total. The van der Waals surface area contributed by atoms with Gasteiger partial charge in [-0.1, -0.05) is 12.1 Å².